The molecule has 3 aromatic carbocycles. The van der Waals surface area contributed by atoms with Crippen molar-refractivity contribution in [3.05, 3.63) is 95.1 Å². The highest BCUT2D eigenvalue weighted by atomic mass is 16.4. The maximum atomic E-state index is 13.2. The lowest BCUT2D eigenvalue weighted by atomic mass is 9.72. The summed E-state index contributed by atoms with van der Waals surface area (Å²) in [5.74, 6) is -0.993. The van der Waals surface area contributed by atoms with Crippen molar-refractivity contribution in [2.75, 3.05) is 32.7 Å². The Kier molecular flexibility index (Phi) is 8.84. The van der Waals surface area contributed by atoms with Crippen molar-refractivity contribution in [2.24, 2.45) is 5.73 Å². The van der Waals surface area contributed by atoms with E-state index in [1.54, 1.807) is 0 Å². The first-order valence-electron chi connectivity index (χ1n) is 14.7. The molecule has 214 valence electrons. The molecule has 1 fully saturated rings. The molecule has 7 heteroatoms. The highest BCUT2D eigenvalue weighted by Gasteiger charge is 2.50. The van der Waals surface area contributed by atoms with E-state index < -0.39 is 11.4 Å². The van der Waals surface area contributed by atoms with Crippen molar-refractivity contribution >= 4 is 17.8 Å². The van der Waals surface area contributed by atoms with Crippen LogP contribution in [-0.4, -0.2) is 65.4 Å². The molecule has 1 unspecified atom stereocenters. The zero-order valence-electron chi connectivity index (χ0n) is 23.6. The number of unbranched alkanes of at least 4 members (excludes halogenated alkanes) is 1. The van der Waals surface area contributed by atoms with Crippen molar-refractivity contribution in [3.8, 4) is 11.1 Å². The van der Waals surface area contributed by atoms with Crippen LogP contribution in [0.5, 0.6) is 0 Å². The highest BCUT2D eigenvalue weighted by molar-refractivity contribution is 5.98. The number of benzene rings is 3. The number of rotatable bonds is 12. The van der Waals surface area contributed by atoms with Crippen LogP contribution in [0.25, 0.3) is 11.1 Å². The molecule has 1 heterocycles. The monoisotopic (exact) mass is 553 g/mol. The molecule has 7 nitrogen and oxygen atoms in total. The van der Waals surface area contributed by atoms with Gasteiger partial charge in [-0.15, -0.1) is 0 Å². The van der Waals surface area contributed by atoms with Gasteiger partial charge in [0.2, 0.25) is 11.8 Å². The minimum absolute atomic E-state index is 0.171. The molecule has 3 N–H and O–H groups in total. The lowest BCUT2D eigenvalue weighted by Gasteiger charge is -2.35. The van der Waals surface area contributed by atoms with Gasteiger partial charge in [0.05, 0.1) is 6.42 Å². The molecule has 41 heavy (non-hydrogen) atoms. The minimum Gasteiger partial charge on any atom is -0.480 e. The number of primary amides is 1. The van der Waals surface area contributed by atoms with Gasteiger partial charge in [0.1, 0.15) is 5.41 Å². The van der Waals surface area contributed by atoms with Crippen molar-refractivity contribution in [1.29, 1.82) is 0 Å². The van der Waals surface area contributed by atoms with Crippen molar-refractivity contribution < 1.29 is 19.5 Å². The van der Waals surface area contributed by atoms with Gasteiger partial charge < -0.3 is 15.7 Å². The van der Waals surface area contributed by atoms with Crippen molar-refractivity contribution in [2.45, 2.75) is 50.4 Å². The third kappa shape index (κ3) is 6.05. The number of carbonyl (C=O) groups excluding carboxylic acids is 2. The molecule has 2 amide bonds. The fraction of sp³-hybridized carbons (Fsp3) is 0.382. The van der Waals surface area contributed by atoms with E-state index in [4.69, 9.17) is 5.73 Å². The number of piperazine rings is 1. The average molecular weight is 554 g/mol. The molecule has 0 bridgehead atoms. The third-order valence-electron chi connectivity index (χ3n) is 8.69. The van der Waals surface area contributed by atoms with Crippen LogP contribution in [0.3, 0.4) is 0 Å². The Morgan fingerprint density at radius 2 is 1.51 bits per heavy atom. The molecule has 5 rings (SSSR count). The maximum Gasteiger partial charge on any atom is 0.318 e. The van der Waals surface area contributed by atoms with Gasteiger partial charge in [-0.3, -0.25) is 19.3 Å². The third-order valence-corrected chi connectivity index (χ3v) is 8.69. The number of carboxylic acids is 1. The van der Waals surface area contributed by atoms with E-state index in [-0.39, 0.29) is 18.2 Å². The molecule has 0 radical (unpaired) electrons. The van der Waals surface area contributed by atoms with Crippen LogP contribution in [0.4, 0.5) is 0 Å². The van der Waals surface area contributed by atoms with E-state index in [1.807, 2.05) is 77.7 Å². The van der Waals surface area contributed by atoms with Crippen LogP contribution in [0.1, 0.15) is 54.4 Å². The molecule has 3 aromatic rings. The summed E-state index contributed by atoms with van der Waals surface area (Å²) < 4.78 is 0. The number of amides is 2. The van der Waals surface area contributed by atoms with Gasteiger partial charge in [-0.25, -0.2) is 0 Å². The second-order valence-corrected chi connectivity index (χ2v) is 11.3. The summed E-state index contributed by atoms with van der Waals surface area (Å²) in [6, 6.07) is 23.7. The summed E-state index contributed by atoms with van der Waals surface area (Å²) in [7, 11) is 0. The SMILES string of the molecule is NC(=O)CCCc1cccc2c1C(CCCCN1CCN(C(=O)Cc3ccccc3)CC1)(C(=O)O)c1ccccc1-2. The molecule has 0 saturated carbocycles. The molecule has 1 saturated heterocycles. The molecular weight excluding hydrogens is 514 g/mol. The zero-order chi connectivity index (χ0) is 28.8. The predicted octanol–water partition coefficient (Wildman–Crippen LogP) is 4.40. The Bertz CT molecular complexity index is 1400. The summed E-state index contributed by atoms with van der Waals surface area (Å²) in [4.78, 5) is 41.6. The Balaban J connectivity index is 1.23. The predicted molar refractivity (Wildman–Crippen MR) is 159 cm³/mol. The van der Waals surface area contributed by atoms with E-state index in [0.29, 0.717) is 25.7 Å². The summed E-state index contributed by atoms with van der Waals surface area (Å²) in [5, 5.41) is 10.8. The van der Waals surface area contributed by atoms with Gasteiger partial charge in [0.15, 0.2) is 0 Å². The van der Waals surface area contributed by atoms with Crippen LogP contribution < -0.4 is 5.73 Å². The molecule has 1 aliphatic heterocycles. The van der Waals surface area contributed by atoms with Gasteiger partial charge in [-0.2, -0.15) is 0 Å². The van der Waals surface area contributed by atoms with Crippen LogP contribution in [0.15, 0.2) is 72.8 Å². The van der Waals surface area contributed by atoms with E-state index in [9.17, 15) is 19.5 Å². The van der Waals surface area contributed by atoms with Crippen LogP contribution in [0, 0.1) is 0 Å². The van der Waals surface area contributed by atoms with Gasteiger partial charge in [-0.1, -0.05) is 79.2 Å². The number of carbonyl (C=O) groups is 3. The first kappa shape index (κ1) is 28.6. The first-order valence-corrected chi connectivity index (χ1v) is 14.7. The number of hydrogen-bond donors (Lipinski definition) is 2. The summed E-state index contributed by atoms with van der Waals surface area (Å²) in [6.45, 7) is 3.99. The largest absolute Gasteiger partial charge is 0.480 e. The average Bonchev–Trinajstić information content (AvgIpc) is 3.27. The standard InChI is InChI=1S/C34H39N3O4/c35-30(38)17-9-13-26-12-8-15-28-27-14-4-5-16-29(27)34(32(26)28,33(40)41)18-6-7-19-36-20-22-37(23-21-36)31(39)24-25-10-2-1-3-11-25/h1-5,8,10-12,14-16H,6-7,9,13,17-24H2,(H2,35,38)(H,40,41). The molecule has 0 spiro atoms. The van der Waals surface area contributed by atoms with Crippen molar-refractivity contribution in [1.82, 2.24) is 9.80 Å². The lowest BCUT2D eigenvalue weighted by molar-refractivity contribution is -0.142. The number of fused-ring (bicyclic) bond motifs is 3. The van der Waals surface area contributed by atoms with Crippen LogP contribution in [0.2, 0.25) is 0 Å². The van der Waals surface area contributed by atoms with Crippen LogP contribution in [-0.2, 0) is 32.6 Å². The topological polar surface area (TPSA) is 104 Å². The number of hydrogen-bond acceptors (Lipinski definition) is 4. The number of carboxylic acid groups (broad SMARTS) is 1. The number of aryl methyl sites for hydroxylation is 1. The zero-order valence-corrected chi connectivity index (χ0v) is 23.6. The van der Waals surface area contributed by atoms with Gasteiger partial charge in [0, 0.05) is 32.6 Å². The van der Waals surface area contributed by atoms with Gasteiger partial charge >= 0.3 is 5.97 Å². The second-order valence-electron chi connectivity index (χ2n) is 11.3. The maximum absolute atomic E-state index is 13.2. The summed E-state index contributed by atoms with van der Waals surface area (Å²) in [6.07, 6.45) is 4.08. The highest BCUT2D eigenvalue weighted by Crippen LogP contribution is 2.53. The smallest absolute Gasteiger partial charge is 0.318 e. The Labute approximate surface area is 242 Å². The molecule has 0 aromatic heterocycles. The van der Waals surface area contributed by atoms with Crippen LogP contribution >= 0.6 is 0 Å². The first-order chi connectivity index (χ1) is 19.9. The lowest BCUT2D eigenvalue weighted by Crippen LogP contribution is -2.49. The Morgan fingerprint density at radius 1 is 0.805 bits per heavy atom. The molecule has 1 atom stereocenters. The number of nitrogens with two attached hydrogens (primary N) is 1. The molecular formula is C34H39N3O4. The molecule has 1 aliphatic carbocycles. The van der Waals surface area contributed by atoms with Crippen molar-refractivity contribution in [3.63, 3.8) is 0 Å². The van der Waals surface area contributed by atoms with E-state index in [2.05, 4.69) is 4.90 Å². The minimum atomic E-state index is -1.11. The Morgan fingerprint density at radius 3 is 2.24 bits per heavy atom. The number of nitrogens with zero attached hydrogens (tertiary/aromatic N) is 2. The summed E-state index contributed by atoms with van der Waals surface area (Å²) >= 11 is 0. The summed E-state index contributed by atoms with van der Waals surface area (Å²) in [5.41, 5.74) is 9.99. The molecule has 2 aliphatic rings. The quantitative estimate of drug-likeness (QED) is 0.324. The van der Waals surface area contributed by atoms with Gasteiger partial charge in [0.25, 0.3) is 0 Å². The Hall–Kier alpha value is -3.97. The fourth-order valence-corrected chi connectivity index (χ4v) is 6.63. The van der Waals surface area contributed by atoms with E-state index >= 15 is 0 Å². The van der Waals surface area contributed by atoms with Gasteiger partial charge in [-0.05, 0) is 65.6 Å². The fourth-order valence-electron chi connectivity index (χ4n) is 6.63. The van der Waals surface area contributed by atoms with E-state index in [0.717, 1.165) is 78.9 Å². The van der Waals surface area contributed by atoms with E-state index in [1.165, 1.54) is 0 Å². The number of aliphatic carboxylic acids is 1. The second kappa shape index (κ2) is 12.7. The normalized spacial score (nSPS) is 18.1.